The Hall–Kier alpha value is -3.06. The third-order valence-corrected chi connectivity index (χ3v) is 4.74. The Labute approximate surface area is 170 Å². The van der Waals surface area contributed by atoms with Crippen LogP contribution in [0.25, 0.3) is 11.3 Å². The van der Waals surface area contributed by atoms with Gasteiger partial charge in [0, 0.05) is 27.7 Å². The van der Waals surface area contributed by atoms with Gasteiger partial charge in [-0.3, -0.25) is 19.7 Å². The Morgan fingerprint density at radius 1 is 1.11 bits per heavy atom. The van der Waals surface area contributed by atoms with Gasteiger partial charge in [-0.25, -0.2) is 0 Å². The molecule has 0 aliphatic carbocycles. The van der Waals surface area contributed by atoms with E-state index in [-0.39, 0.29) is 12.3 Å². The molecule has 0 saturated carbocycles. The number of aromatic nitrogens is 1. The van der Waals surface area contributed by atoms with Crippen LogP contribution < -0.4 is 10.2 Å². The zero-order valence-electron chi connectivity index (χ0n) is 15.2. The number of aryl methyl sites for hydroxylation is 1. The van der Waals surface area contributed by atoms with Crippen LogP contribution in [0.3, 0.4) is 0 Å². The van der Waals surface area contributed by atoms with E-state index in [1.54, 1.807) is 30.0 Å². The molecule has 3 aromatic rings. The number of methoxy groups -OCH3 is 1. The van der Waals surface area contributed by atoms with Crippen LogP contribution in [-0.2, 0) is 11.2 Å². The number of rotatable bonds is 7. The Kier molecular flexibility index (Phi) is 6.16. The summed E-state index contributed by atoms with van der Waals surface area (Å²) in [7, 11) is 1.60. The molecule has 0 aliphatic rings. The van der Waals surface area contributed by atoms with Crippen LogP contribution >= 0.6 is 15.9 Å². The first-order valence-electron chi connectivity index (χ1n) is 8.61. The second kappa shape index (κ2) is 8.75. The van der Waals surface area contributed by atoms with Gasteiger partial charge in [0.2, 0.25) is 0 Å². The predicted molar refractivity (Wildman–Crippen MR) is 110 cm³/mol. The topological polar surface area (TPSA) is 80.6 Å². The number of aliphatic carboxylic acids is 1. The molecule has 1 amide bonds. The van der Waals surface area contributed by atoms with Gasteiger partial charge in [0.25, 0.3) is 5.91 Å². The van der Waals surface area contributed by atoms with E-state index in [9.17, 15) is 9.59 Å². The van der Waals surface area contributed by atoms with Crippen LogP contribution in [0.2, 0.25) is 0 Å². The van der Waals surface area contributed by atoms with Gasteiger partial charge in [0.1, 0.15) is 5.75 Å². The van der Waals surface area contributed by atoms with Gasteiger partial charge in [-0.15, -0.1) is 0 Å². The van der Waals surface area contributed by atoms with Crippen molar-refractivity contribution in [3.8, 4) is 17.0 Å². The average Bonchev–Trinajstić information content (AvgIpc) is 3.08. The summed E-state index contributed by atoms with van der Waals surface area (Å²) in [5, 5.41) is 9.02. The lowest BCUT2D eigenvalue weighted by Crippen LogP contribution is -2.25. The van der Waals surface area contributed by atoms with E-state index < -0.39 is 5.97 Å². The Morgan fingerprint density at radius 2 is 1.86 bits per heavy atom. The Balaban J connectivity index is 1.96. The van der Waals surface area contributed by atoms with E-state index in [1.165, 1.54) is 0 Å². The molecule has 2 aromatic carbocycles. The summed E-state index contributed by atoms with van der Waals surface area (Å²) in [6.07, 6.45) is 0.267. The second-order valence-electron chi connectivity index (χ2n) is 6.12. The largest absolute Gasteiger partial charge is 0.497 e. The molecule has 6 nitrogen and oxygen atoms in total. The Morgan fingerprint density at radius 3 is 2.50 bits per heavy atom. The van der Waals surface area contributed by atoms with Gasteiger partial charge in [-0.05, 0) is 54.6 Å². The third-order valence-electron chi connectivity index (χ3n) is 4.24. The summed E-state index contributed by atoms with van der Waals surface area (Å²) in [5.74, 6) is -0.452. The maximum Gasteiger partial charge on any atom is 0.303 e. The fraction of sp³-hybridized carbons (Fsp3) is 0.143. The molecule has 1 aromatic heterocycles. The van der Waals surface area contributed by atoms with Gasteiger partial charge in [-0.2, -0.15) is 0 Å². The number of carboxylic acids is 1. The highest BCUT2D eigenvalue weighted by atomic mass is 79.9. The minimum Gasteiger partial charge on any atom is -0.497 e. The highest BCUT2D eigenvalue weighted by molar-refractivity contribution is 9.10. The van der Waals surface area contributed by atoms with Crippen molar-refractivity contribution >= 4 is 27.8 Å². The predicted octanol–water partition coefficient (Wildman–Crippen LogP) is 4.33. The number of carboxylic acid groups (broad SMARTS) is 1. The molecule has 28 heavy (non-hydrogen) atoms. The summed E-state index contributed by atoms with van der Waals surface area (Å²) < 4.78 is 7.64. The lowest BCUT2D eigenvalue weighted by atomic mass is 10.1. The molecule has 0 saturated heterocycles. The van der Waals surface area contributed by atoms with E-state index >= 15 is 0 Å². The van der Waals surface area contributed by atoms with Gasteiger partial charge >= 0.3 is 5.97 Å². The molecule has 0 unspecified atom stereocenters. The number of nitrogens with one attached hydrogen (secondary N) is 1. The third kappa shape index (κ3) is 4.61. The number of nitrogens with zero attached hydrogens (tertiary/aromatic N) is 1. The zero-order valence-corrected chi connectivity index (χ0v) is 16.8. The van der Waals surface area contributed by atoms with Crippen molar-refractivity contribution in [2.75, 3.05) is 12.5 Å². The smallest absolute Gasteiger partial charge is 0.303 e. The average molecular weight is 443 g/mol. The van der Waals surface area contributed by atoms with E-state index in [2.05, 4.69) is 21.4 Å². The number of amides is 1. The van der Waals surface area contributed by atoms with Crippen molar-refractivity contribution in [1.29, 1.82) is 0 Å². The van der Waals surface area contributed by atoms with Crippen LogP contribution in [0.5, 0.6) is 5.75 Å². The molecule has 0 fully saturated rings. The van der Waals surface area contributed by atoms with Crippen molar-refractivity contribution in [2.24, 2.45) is 0 Å². The highest BCUT2D eigenvalue weighted by Crippen LogP contribution is 2.25. The standard InChI is InChI=1S/C21H19BrN2O4/c1-28-18-9-5-14(6-10-18)19-11-7-17(8-12-20(25)26)24(19)23-21(27)15-3-2-4-16(22)13-15/h2-7,9-11,13H,8,12H2,1H3,(H,23,27)(H,25,26). The fourth-order valence-corrected chi connectivity index (χ4v) is 3.22. The maximum atomic E-state index is 12.7. The van der Waals surface area contributed by atoms with Gasteiger partial charge in [0.05, 0.1) is 19.2 Å². The monoisotopic (exact) mass is 442 g/mol. The lowest BCUT2D eigenvalue weighted by molar-refractivity contribution is -0.136. The number of hydrogen-bond donors (Lipinski definition) is 2. The Bertz CT molecular complexity index is 996. The highest BCUT2D eigenvalue weighted by Gasteiger charge is 2.15. The number of ether oxygens (including phenoxy) is 1. The first-order chi connectivity index (χ1) is 13.5. The van der Waals surface area contributed by atoms with Crippen LogP contribution in [0.15, 0.2) is 65.1 Å². The minimum atomic E-state index is -0.892. The maximum absolute atomic E-state index is 12.7. The van der Waals surface area contributed by atoms with E-state index in [0.29, 0.717) is 17.7 Å². The first kappa shape index (κ1) is 19.7. The van der Waals surface area contributed by atoms with E-state index in [1.807, 2.05) is 42.5 Å². The summed E-state index contributed by atoms with van der Waals surface area (Å²) in [5.41, 5.74) is 5.71. The van der Waals surface area contributed by atoms with Crippen molar-refractivity contribution in [1.82, 2.24) is 4.68 Å². The first-order valence-corrected chi connectivity index (χ1v) is 9.41. The molecule has 0 spiro atoms. The second-order valence-corrected chi connectivity index (χ2v) is 7.03. The SMILES string of the molecule is COc1ccc(-c2ccc(CCC(=O)O)n2NC(=O)c2cccc(Br)c2)cc1. The molecule has 2 N–H and O–H groups in total. The van der Waals surface area contributed by atoms with E-state index in [0.717, 1.165) is 21.5 Å². The normalized spacial score (nSPS) is 10.5. The molecule has 1 heterocycles. The number of carbonyl (C=O) groups excluding carboxylic acids is 1. The summed E-state index contributed by atoms with van der Waals surface area (Å²) >= 11 is 3.36. The molecule has 3 rings (SSSR count). The number of carbonyl (C=O) groups is 2. The molecule has 0 bridgehead atoms. The lowest BCUT2D eigenvalue weighted by Gasteiger charge is -2.15. The molecule has 0 aliphatic heterocycles. The van der Waals surface area contributed by atoms with Gasteiger partial charge in [0.15, 0.2) is 0 Å². The van der Waals surface area contributed by atoms with Crippen molar-refractivity contribution in [3.05, 3.63) is 76.4 Å². The molecular formula is C21H19BrN2O4. The number of halogens is 1. The number of benzene rings is 2. The van der Waals surface area contributed by atoms with Gasteiger partial charge < -0.3 is 9.84 Å². The van der Waals surface area contributed by atoms with Gasteiger partial charge in [-0.1, -0.05) is 22.0 Å². The molecular weight excluding hydrogens is 424 g/mol. The van der Waals surface area contributed by atoms with Crippen molar-refractivity contribution < 1.29 is 19.4 Å². The zero-order chi connectivity index (χ0) is 20.1. The quantitative estimate of drug-likeness (QED) is 0.570. The van der Waals surface area contributed by atoms with Crippen LogP contribution in [0.1, 0.15) is 22.5 Å². The molecule has 7 heteroatoms. The summed E-state index contributed by atoms with van der Waals surface area (Å²) in [6, 6.07) is 18.2. The molecule has 0 atom stereocenters. The van der Waals surface area contributed by atoms with Crippen molar-refractivity contribution in [3.63, 3.8) is 0 Å². The van der Waals surface area contributed by atoms with E-state index in [4.69, 9.17) is 9.84 Å². The number of hydrogen-bond acceptors (Lipinski definition) is 3. The minimum absolute atomic E-state index is 0.0289. The van der Waals surface area contributed by atoms with Crippen molar-refractivity contribution in [2.45, 2.75) is 12.8 Å². The van der Waals surface area contributed by atoms with Crippen LogP contribution in [0.4, 0.5) is 0 Å². The molecule has 0 radical (unpaired) electrons. The van der Waals surface area contributed by atoms with Crippen LogP contribution in [0, 0.1) is 0 Å². The van der Waals surface area contributed by atoms with Crippen LogP contribution in [-0.4, -0.2) is 28.8 Å². The summed E-state index contributed by atoms with van der Waals surface area (Å²) in [6.45, 7) is 0. The fourth-order valence-electron chi connectivity index (χ4n) is 2.82. The summed E-state index contributed by atoms with van der Waals surface area (Å²) in [4.78, 5) is 23.7. The molecule has 144 valence electrons.